The summed E-state index contributed by atoms with van der Waals surface area (Å²) in [5.41, 5.74) is 2.81. The molecular formula is C17H14N4O2S. The Morgan fingerprint density at radius 1 is 1.29 bits per heavy atom. The zero-order valence-corrected chi connectivity index (χ0v) is 13.5. The van der Waals surface area contributed by atoms with Gasteiger partial charge in [-0.15, -0.1) is 5.10 Å². The number of imidazole rings is 1. The Kier molecular flexibility index (Phi) is 3.84. The number of aldehydes is 1. The van der Waals surface area contributed by atoms with E-state index in [0.29, 0.717) is 13.0 Å². The number of aromatic nitrogens is 3. The van der Waals surface area contributed by atoms with E-state index in [0.717, 1.165) is 39.0 Å². The second-order valence-electron chi connectivity index (χ2n) is 5.26. The van der Waals surface area contributed by atoms with E-state index in [1.54, 1.807) is 10.8 Å². The molecule has 0 saturated heterocycles. The summed E-state index contributed by atoms with van der Waals surface area (Å²) in [4.78, 5) is 16.1. The summed E-state index contributed by atoms with van der Waals surface area (Å²) in [5.74, 6) is 0.857. The minimum atomic E-state index is 0.412. The van der Waals surface area contributed by atoms with Crippen LogP contribution in [0, 0.1) is 0 Å². The third kappa shape index (κ3) is 2.93. The highest BCUT2D eigenvalue weighted by molar-refractivity contribution is 7.20. The summed E-state index contributed by atoms with van der Waals surface area (Å²) in [6.07, 6.45) is 4.86. The Bertz CT molecular complexity index is 940. The quantitative estimate of drug-likeness (QED) is 0.546. The average molecular weight is 338 g/mol. The van der Waals surface area contributed by atoms with Crippen molar-refractivity contribution in [3.05, 3.63) is 60.2 Å². The lowest BCUT2D eigenvalue weighted by atomic mass is 10.1. The normalized spacial score (nSPS) is 11.0. The molecule has 1 aromatic carbocycles. The van der Waals surface area contributed by atoms with Crippen LogP contribution in [0.4, 0.5) is 5.13 Å². The third-order valence-corrected chi connectivity index (χ3v) is 4.46. The SMILES string of the molecule is O=CCc1cccc(-c2cn3nc(NCc4ccco4)sc3n2)c1. The molecule has 0 spiro atoms. The molecule has 0 saturated carbocycles. The van der Waals surface area contributed by atoms with Crippen molar-refractivity contribution in [2.75, 3.05) is 5.32 Å². The molecule has 1 N–H and O–H groups in total. The number of carbonyl (C=O) groups excluding carboxylic acids is 1. The maximum Gasteiger partial charge on any atom is 0.214 e. The zero-order chi connectivity index (χ0) is 16.4. The van der Waals surface area contributed by atoms with Crippen molar-refractivity contribution in [1.29, 1.82) is 0 Å². The van der Waals surface area contributed by atoms with Crippen molar-refractivity contribution >= 4 is 27.7 Å². The summed E-state index contributed by atoms with van der Waals surface area (Å²) in [6, 6.07) is 11.6. The number of carbonyl (C=O) groups is 1. The fourth-order valence-electron chi connectivity index (χ4n) is 2.44. The van der Waals surface area contributed by atoms with Crippen LogP contribution in [0.1, 0.15) is 11.3 Å². The van der Waals surface area contributed by atoms with Crippen LogP contribution in [0.3, 0.4) is 0 Å². The van der Waals surface area contributed by atoms with Crippen LogP contribution < -0.4 is 5.32 Å². The van der Waals surface area contributed by atoms with E-state index in [9.17, 15) is 4.79 Å². The lowest BCUT2D eigenvalue weighted by molar-refractivity contribution is -0.107. The number of furan rings is 1. The number of fused-ring (bicyclic) bond motifs is 1. The van der Waals surface area contributed by atoms with Crippen LogP contribution in [0.5, 0.6) is 0 Å². The van der Waals surface area contributed by atoms with Crippen LogP contribution in [0.25, 0.3) is 16.2 Å². The first-order chi connectivity index (χ1) is 11.8. The Labute approximate surface area is 141 Å². The minimum Gasteiger partial charge on any atom is -0.467 e. The standard InChI is InChI=1S/C17H14N4O2S/c22-7-6-12-3-1-4-13(9-12)15-11-21-17(19-15)24-16(20-21)18-10-14-5-2-8-23-14/h1-5,7-9,11H,6,10H2,(H,18,20). The average Bonchev–Trinajstić information content (AvgIpc) is 3.29. The topological polar surface area (TPSA) is 72.4 Å². The molecule has 0 aliphatic heterocycles. The number of anilines is 1. The fourth-order valence-corrected chi connectivity index (χ4v) is 3.22. The highest BCUT2D eigenvalue weighted by Gasteiger charge is 2.10. The van der Waals surface area contributed by atoms with Gasteiger partial charge >= 0.3 is 0 Å². The zero-order valence-electron chi connectivity index (χ0n) is 12.7. The molecule has 0 radical (unpaired) electrons. The monoisotopic (exact) mass is 338 g/mol. The summed E-state index contributed by atoms with van der Waals surface area (Å²) >= 11 is 1.48. The molecule has 7 heteroatoms. The van der Waals surface area contributed by atoms with E-state index in [1.807, 2.05) is 42.6 Å². The van der Waals surface area contributed by atoms with Crippen LogP contribution in [-0.2, 0) is 17.8 Å². The molecular weight excluding hydrogens is 324 g/mol. The Morgan fingerprint density at radius 2 is 2.25 bits per heavy atom. The molecule has 4 rings (SSSR count). The molecule has 0 aliphatic rings. The molecule has 0 fully saturated rings. The van der Waals surface area contributed by atoms with Crippen molar-refractivity contribution in [3.63, 3.8) is 0 Å². The molecule has 6 nitrogen and oxygen atoms in total. The Balaban J connectivity index is 1.55. The van der Waals surface area contributed by atoms with Gasteiger partial charge in [-0.05, 0) is 23.8 Å². The van der Waals surface area contributed by atoms with Gasteiger partial charge in [-0.25, -0.2) is 9.50 Å². The van der Waals surface area contributed by atoms with E-state index in [-0.39, 0.29) is 0 Å². The third-order valence-electron chi connectivity index (χ3n) is 3.58. The lowest BCUT2D eigenvalue weighted by Gasteiger charge is -1.99. The molecule has 0 aliphatic carbocycles. The Morgan fingerprint density at radius 3 is 3.04 bits per heavy atom. The van der Waals surface area contributed by atoms with Gasteiger partial charge in [-0.3, -0.25) is 0 Å². The van der Waals surface area contributed by atoms with Crippen LogP contribution in [-0.4, -0.2) is 20.9 Å². The van der Waals surface area contributed by atoms with E-state index in [4.69, 9.17) is 4.42 Å². The summed E-state index contributed by atoms with van der Waals surface area (Å²) < 4.78 is 7.05. The Hall–Kier alpha value is -2.93. The van der Waals surface area contributed by atoms with Gasteiger partial charge in [0.2, 0.25) is 10.1 Å². The largest absolute Gasteiger partial charge is 0.467 e. The van der Waals surface area contributed by atoms with E-state index in [2.05, 4.69) is 15.4 Å². The van der Waals surface area contributed by atoms with Crippen LogP contribution in [0.15, 0.2) is 53.3 Å². The number of hydrogen-bond acceptors (Lipinski definition) is 6. The van der Waals surface area contributed by atoms with Crippen molar-refractivity contribution < 1.29 is 9.21 Å². The first-order valence-corrected chi connectivity index (χ1v) is 8.29. The fraction of sp³-hybridized carbons (Fsp3) is 0.118. The van der Waals surface area contributed by atoms with Crippen molar-refractivity contribution in [3.8, 4) is 11.3 Å². The van der Waals surface area contributed by atoms with Gasteiger partial charge in [0.05, 0.1) is 24.7 Å². The highest BCUT2D eigenvalue weighted by atomic mass is 32.1. The molecule has 0 amide bonds. The maximum atomic E-state index is 10.7. The van der Waals surface area contributed by atoms with E-state index >= 15 is 0 Å². The molecule has 24 heavy (non-hydrogen) atoms. The van der Waals surface area contributed by atoms with Gasteiger partial charge in [0.1, 0.15) is 12.0 Å². The number of rotatable bonds is 6. The second-order valence-corrected chi connectivity index (χ2v) is 6.22. The number of benzene rings is 1. The molecule has 0 atom stereocenters. The predicted molar refractivity (Wildman–Crippen MR) is 92.1 cm³/mol. The number of nitrogens with one attached hydrogen (secondary N) is 1. The van der Waals surface area contributed by atoms with Gasteiger partial charge in [-0.2, -0.15) is 0 Å². The summed E-state index contributed by atoms with van der Waals surface area (Å²) in [6.45, 7) is 0.588. The van der Waals surface area contributed by atoms with Crippen LogP contribution >= 0.6 is 11.3 Å². The van der Waals surface area contributed by atoms with Crippen molar-refractivity contribution in [2.24, 2.45) is 0 Å². The van der Waals surface area contributed by atoms with Gasteiger partial charge in [0.15, 0.2) is 0 Å². The van der Waals surface area contributed by atoms with Gasteiger partial charge in [0, 0.05) is 12.0 Å². The van der Waals surface area contributed by atoms with Gasteiger partial charge in [-0.1, -0.05) is 29.5 Å². The summed E-state index contributed by atoms with van der Waals surface area (Å²) in [7, 11) is 0. The molecule has 0 unspecified atom stereocenters. The van der Waals surface area contributed by atoms with Gasteiger partial charge < -0.3 is 14.5 Å². The predicted octanol–water partition coefficient (Wildman–Crippen LogP) is 3.40. The first-order valence-electron chi connectivity index (χ1n) is 7.47. The molecule has 3 aromatic heterocycles. The molecule has 0 bridgehead atoms. The second kappa shape index (κ2) is 6.29. The van der Waals surface area contributed by atoms with E-state index < -0.39 is 0 Å². The molecule has 120 valence electrons. The smallest absolute Gasteiger partial charge is 0.214 e. The number of nitrogens with zero attached hydrogens (tertiary/aromatic N) is 3. The van der Waals surface area contributed by atoms with Gasteiger partial charge in [0.25, 0.3) is 0 Å². The van der Waals surface area contributed by atoms with Crippen molar-refractivity contribution in [1.82, 2.24) is 14.6 Å². The first kappa shape index (κ1) is 14.6. The van der Waals surface area contributed by atoms with Crippen molar-refractivity contribution in [2.45, 2.75) is 13.0 Å². The molecule has 4 aromatic rings. The molecule has 3 heterocycles. The maximum absolute atomic E-state index is 10.7. The summed E-state index contributed by atoms with van der Waals surface area (Å²) in [5, 5.41) is 8.49. The lowest BCUT2D eigenvalue weighted by Crippen LogP contribution is -1.98. The van der Waals surface area contributed by atoms with E-state index in [1.165, 1.54) is 11.3 Å². The minimum absolute atomic E-state index is 0.412. The number of hydrogen-bond donors (Lipinski definition) is 1. The van der Waals surface area contributed by atoms with Crippen LogP contribution in [0.2, 0.25) is 0 Å². The highest BCUT2D eigenvalue weighted by Crippen LogP contribution is 2.25.